The standard InChI is InChI=1S/C16H24BrN5O.2ClH/c1-20(2)15-14(9-12(17)10-19-15)16(23)22-6-3-13(11-22)21-7-4-18-5-8-21;;/h9-10,13,18H,3-8,11H2,1-2H3;2*1H. The quantitative estimate of drug-likeness (QED) is 0.755. The molecule has 0 aromatic carbocycles. The predicted octanol–water partition coefficient (Wildman–Crippen LogP) is 1.87. The summed E-state index contributed by atoms with van der Waals surface area (Å²) in [7, 11) is 3.83. The van der Waals surface area contributed by atoms with E-state index in [4.69, 9.17) is 0 Å². The van der Waals surface area contributed by atoms with Crippen molar-refractivity contribution in [2.75, 3.05) is 58.3 Å². The number of nitrogens with one attached hydrogen (secondary N) is 1. The number of rotatable bonds is 3. The fourth-order valence-electron chi connectivity index (χ4n) is 3.39. The van der Waals surface area contributed by atoms with Crippen molar-refractivity contribution in [1.82, 2.24) is 20.1 Å². The van der Waals surface area contributed by atoms with E-state index in [2.05, 4.69) is 31.1 Å². The van der Waals surface area contributed by atoms with Crippen LogP contribution in [0.5, 0.6) is 0 Å². The predicted molar refractivity (Wildman–Crippen MR) is 110 cm³/mol. The monoisotopic (exact) mass is 453 g/mol. The maximum atomic E-state index is 13.0. The fourth-order valence-corrected chi connectivity index (χ4v) is 3.72. The molecule has 3 rings (SSSR count). The first-order valence-electron chi connectivity index (χ1n) is 8.13. The second kappa shape index (κ2) is 9.92. The normalized spacial score (nSPS) is 20.6. The Morgan fingerprint density at radius 2 is 1.96 bits per heavy atom. The van der Waals surface area contributed by atoms with Gasteiger partial charge in [-0.25, -0.2) is 4.98 Å². The number of anilines is 1. The van der Waals surface area contributed by atoms with Crippen LogP contribution < -0.4 is 10.2 Å². The summed E-state index contributed by atoms with van der Waals surface area (Å²) >= 11 is 3.43. The lowest BCUT2D eigenvalue weighted by Crippen LogP contribution is -2.49. The molecule has 6 nitrogen and oxygen atoms in total. The number of carbonyl (C=O) groups excluding carboxylic acids is 1. The first kappa shape index (κ1) is 22.4. The molecule has 0 aliphatic carbocycles. The molecular formula is C16H26BrCl2N5O. The number of hydrogen-bond donors (Lipinski definition) is 1. The van der Waals surface area contributed by atoms with Crippen LogP contribution in [0.3, 0.4) is 0 Å². The van der Waals surface area contributed by atoms with Gasteiger partial charge in [-0.2, -0.15) is 0 Å². The number of halogens is 3. The van der Waals surface area contributed by atoms with E-state index in [0.717, 1.165) is 56.0 Å². The van der Waals surface area contributed by atoms with Gasteiger partial charge in [0.25, 0.3) is 5.91 Å². The minimum Gasteiger partial charge on any atom is -0.362 e. The number of aromatic nitrogens is 1. The Kier molecular flexibility index (Phi) is 8.91. The van der Waals surface area contributed by atoms with Gasteiger partial charge >= 0.3 is 0 Å². The van der Waals surface area contributed by atoms with E-state index in [0.29, 0.717) is 11.6 Å². The van der Waals surface area contributed by atoms with Gasteiger partial charge in [-0.1, -0.05) is 0 Å². The minimum absolute atomic E-state index is 0. The zero-order valence-corrected chi connectivity index (χ0v) is 17.8. The van der Waals surface area contributed by atoms with Gasteiger partial charge < -0.3 is 15.1 Å². The molecule has 3 heterocycles. The molecule has 1 amide bonds. The lowest BCUT2D eigenvalue weighted by atomic mass is 10.2. The van der Waals surface area contributed by atoms with Crippen LogP contribution in [-0.4, -0.2) is 80.1 Å². The van der Waals surface area contributed by atoms with Crippen LogP contribution in [0.2, 0.25) is 0 Å². The molecule has 2 saturated heterocycles. The smallest absolute Gasteiger partial charge is 0.257 e. The van der Waals surface area contributed by atoms with Gasteiger partial charge in [-0.05, 0) is 28.4 Å². The summed E-state index contributed by atoms with van der Waals surface area (Å²) in [5.41, 5.74) is 0.672. The van der Waals surface area contributed by atoms with Gasteiger partial charge in [0.15, 0.2) is 0 Å². The molecular weight excluding hydrogens is 429 g/mol. The Hall–Kier alpha value is -0.600. The third-order valence-electron chi connectivity index (χ3n) is 4.61. The first-order valence-corrected chi connectivity index (χ1v) is 8.92. The van der Waals surface area contributed by atoms with Crippen molar-refractivity contribution in [3.63, 3.8) is 0 Å². The van der Waals surface area contributed by atoms with Gasteiger partial charge in [-0.15, -0.1) is 24.8 Å². The van der Waals surface area contributed by atoms with Gasteiger partial charge in [0.2, 0.25) is 0 Å². The van der Waals surface area contributed by atoms with Crippen LogP contribution in [0.25, 0.3) is 0 Å². The first-order chi connectivity index (χ1) is 11.1. The molecule has 0 spiro atoms. The maximum absolute atomic E-state index is 13.0. The van der Waals surface area contributed by atoms with Crippen molar-refractivity contribution >= 4 is 52.5 Å². The van der Waals surface area contributed by atoms with Gasteiger partial charge in [0.1, 0.15) is 5.82 Å². The Bertz CT molecular complexity index is 584. The second-order valence-electron chi connectivity index (χ2n) is 6.40. The van der Waals surface area contributed by atoms with Crippen LogP contribution in [0.15, 0.2) is 16.7 Å². The summed E-state index contributed by atoms with van der Waals surface area (Å²) in [6.07, 6.45) is 2.80. The zero-order valence-electron chi connectivity index (χ0n) is 14.6. The minimum atomic E-state index is 0. The van der Waals surface area contributed by atoms with Gasteiger partial charge in [0.05, 0.1) is 5.56 Å². The molecule has 0 radical (unpaired) electrons. The largest absolute Gasteiger partial charge is 0.362 e. The summed E-state index contributed by atoms with van der Waals surface area (Å²) in [5.74, 6) is 0.809. The second-order valence-corrected chi connectivity index (χ2v) is 7.31. The van der Waals surface area contributed by atoms with Crippen LogP contribution in [0, 0.1) is 0 Å². The molecule has 2 aliphatic heterocycles. The molecule has 1 N–H and O–H groups in total. The van der Waals surface area contributed by atoms with Crippen molar-refractivity contribution in [2.45, 2.75) is 12.5 Å². The van der Waals surface area contributed by atoms with Crippen molar-refractivity contribution in [2.24, 2.45) is 0 Å². The van der Waals surface area contributed by atoms with E-state index in [1.807, 2.05) is 30.0 Å². The number of amides is 1. The summed E-state index contributed by atoms with van der Waals surface area (Å²) in [6.45, 7) is 5.89. The van der Waals surface area contributed by atoms with E-state index in [-0.39, 0.29) is 30.7 Å². The highest BCUT2D eigenvalue weighted by atomic mass is 79.9. The van der Waals surface area contributed by atoms with Crippen LogP contribution in [0.1, 0.15) is 16.8 Å². The number of pyridine rings is 1. The fraction of sp³-hybridized carbons (Fsp3) is 0.625. The number of nitrogens with zero attached hydrogens (tertiary/aromatic N) is 4. The van der Waals surface area contributed by atoms with Crippen molar-refractivity contribution in [1.29, 1.82) is 0 Å². The maximum Gasteiger partial charge on any atom is 0.257 e. The Morgan fingerprint density at radius 1 is 1.28 bits per heavy atom. The third kappa shape index (κ3) is 5.20. The number of piperazine rings is 1. The summed E-state index contributed by atoms with van der Waals surface area (Å²) in [5, 5.41) is 3.38. The lowest BCUT2D eigenvalue weighted by molar-refractivity contribution is 0.0773. The highest BCUT2D eigenvalue weighted by molar-refractivity contribution is 9.10. The number of carbonyl (C=O) groups is 1. The number of hydrogen-bond acceptors (Lipinski definition) is 5. The molecule has 1 aromatic rings. The topological polar surface area (TPSA) is 51.7 Å². The summed E-state index contributed by atoms with van der Waals surface area (Å²) < 4.78 is 0.837. The Balaban J connectivity index is 0.00000156. The summed E-state index contributed by atoms with van der Waals surface area (Å²) in [6, 6.07) is 2.37. The Morgan fingerprint density at radius 3 is 2.60 bits per heavy atom. The van der Waals surface area contributed by atoms with Gasteiger partial charge in [0, 0.05) is 70.1 Å². The molecule has 1 aromatic heterocycles. The SMILES string of the molecule is CN(C)c1ncc(Br)cc1C(=O)N1CCC(N2CCNCC2)C1.Cl.Cl. The molecule has 1 unspecified atom stereocenters. The average molecular weight is 455 g/mol. The molecule has 25 heavy (non-hydrogen) atoms. The van der Waals surface area contributed by atoms with Crippen LogP contribution in [0.4, 0.5) is 5.82 Å². The van der Waals surface area contributed by atoms with Crippen molar-refractivity contribution in [3.8, 4) is 0 Å². The van der Waals surface area contributed by atoms with E-state index >= 15 is 0 Å². The highest BCUT2D eigenvalue weighted by Crippen LogP contribution is 2.24. The summed E-state index contributed by atoms with van der Waals surface area (Å²) in [4.78, 5) is 23.7. The molecule has 1 atom stereocenters. The molecule has 2 fully saturated rings. The molecule has 142 valence electrons. The van der Waals surface area contributed by atoms with E-state index in [1.165, 1.54) is 0 Å². The van der Waals surface area contributed by atoms with Gasteiger partial charge in [-0.3, -0.25) is 9.69 Å². The van der Waals surface area contributed by atoms with Crippen molar-refractivity contribution in [3.05, 3.63) is 22.3 Å². The van der Waals surface area contributed by atoms with E-state index in [1.54, 1.807) is 6.20 Å². The van der Waals surface area contributed by atoms with Crippen molar-refractivity contribution < 1.29 is 4.79 Å². The zero-order chi connectivity index (χ0) is 16.4. The number of likely N-dealkylation sites (tertiary alicyclic amines) is 1. The molecule has 0 bridgehead atoms. The third-order valence-corrected chi connectivity index (χ3v) is 5.04. The lowest BCUT2D eigenvalue weighted by Gasteiger charge is -2.32. The van der Waals surface area contributed by atoms with E-state index in [9.17, 15) is 4.79 Å². The molecule has 9 heteroatoms. The Labute approximate surface area is 170 Å². The van der Waals surface area contributed by atoms with E-state index < -0.39 is 0 Å². The molecule has 2 aliphatic rings. The van der Waals surface area contributed by atoms with Crippen LogP contribution in [-0.2, 0) is 0 Å². The molecule has 0 saturated carbocycles. The average Bonchev–Trinajstić information content (AvgIpc) is 3.04. The van der Waals surface area contributed by atoms with Crippen LogP contribution >= 0.6 is 40.7 Å². The highest BCUT2D eigenvalue weighted by Gasteiger charge is 2.32.